The van der Waals surface area contributed by atoms with Gasteiger partial charge in [0.1, 0.15) is 6.17 Å². The van der Waals surface area contributed by atoms with Crippen molar-refractivity contribution in [2.45, 2.75) is 12.6 Å². The van der Waals surface area contributed by atoms with Gasteiger partial charge in [-0.1, -0.05) is 36.4 Å². The number of hydrogen-bond acceptors (Lipinski definition) is 9. The van der Waals surface area contributed by atoms with Crippen molar-refractivity contribution in [3.8, 4) is 40.2 Å². The number of carbonyl (C=O) groups is 1. The van der Waals surface area contributed by atoms with Crippen LogP contribution in [0.25, 0.3) is 12.2 Å². The predicted molar refractivity (Wildman–Crippen MR) is 177 cm³/mol. The average molecular weight is 627 g/mol. The number of anilines is 1. The lowest BCUT2D eigenvalue weighted by molar-refractivity contribution is 0.0935. The van der Waals surface area contributed by atoms with Crippen molar-refractivity contribution in [2.24, 2.45) is 0 Å². The summed E-state index contributed by atoms with van der Waals surface area (Å²) in [5, 5.41) is 6.34. The number of hydrogen-bond donors (Lipinski definition) is 2. The maximum Gasteiger partial charge on any atom is 0.255 e. The summed E-state index contributed by atoms with van der Waals surface area (Å²) >= 11 is 0. The molecule has 4 aromatic rings. The molecule has 240 valence electrons. The van der Waals surface area contributed by atoms with Gasteiger partial charge in [0.15, 0.2) is 34.5 Å². The van der Waals surface area contributed by atoms with Crippen LogP contribution < -0.4 is 43.8 Å². The SMILES string of the molecule is COc1cc(C2NC(=O)c3ccccc3N2)ccc1OCCCOc1cc(C=Cc2cc(OC)c(OC)c(OC)c2)ccc1OC. The predicted octanol–water partition coefficient (Wildman–Crippen LogP) is 6.60. The Labute approximate surface area is 268 Å². The van der Waals surface area contributed by atoms with E-state index < -0.39 is 0 Å². The fraction of sp³-hybridized carbons (Fsp3) is 0.250. The van der Waals surface area contributed by atoms with Crippen molar-refractivity contribution in [2.75, 3.05) is 54.1 Å². The number of nitrogens with one attached hydrogen (secondary N) is 2. The zero-order valence-corrected chi connectivity index (χ0v) is 26.5. The molecule has 0 saturated carbocycles. The molecule has 0 aromatic heterocycles. The second-order valence-electron chi connectivity index (χ2n) is 10.3. The average Bonchev–Trinajstić information content (AvgIpc) is 3.10. The second kappa shape index (κ2) is 15.0. The van der Waals surface area contributed by atoms with Gasteiger partial charge in [0, 0.05) is 12.1 Å². The summed E-state index contributed by atoms with van der Waals surface area (Å²) in [4.78, 5) is 12.6. The minimum atomic E-state index is -0.388. The van der Waals surface area contributed by atoms with E-state index in [-0.39, 0.29) is 12.1 Å². The van der Waals surface area contributed by atoms with Gasteiger partial charge in [-0.2, -0.15) is 0 Å². The molecule has 1 heterocycles. The topological polar surface area (TPSA) is 106 Å². The first-order valence-corrected chi connectivity index (χ1v) is 14.7. The summed E-state index contributed by atoms with van der Waals surface area (Å²) in [6.45, 7) is 0.818. The Bertz CT molecular complexity index is 1680. The van der Waals surface area contributed by atoms with Crippen LogP contribution in [0.3, 0.4) is 0 Å². The van der Waals surface area contributed by atoms with E-state index in [1.807, 2.05) is 78.9 Å². The molecule has 1 aliphatic heterocycles. The highest BCUT2D eigenvalue weighted by molar-refractivity contribution is 6.01. The minimum absolute atomic E-state index is 0.129. The normalized spacial score (nSPS) is 13.7. The molecule has 5 rings (SSSR count). The highest BCUT2D eigenvalue weighted by Gasteiger charge is 2.25. The first kappa shape index (κ1) is 31.9. The van der Waals surface area contributed by atoms with Crippen LogP contribution in [0.4, 0.5) is 5.69 Å². The third-order valence-corrected chi connectivity index (χ3v) is 7.41. The minimum Gasteiger partial charge on any atom is -0.493 e. The fourth-order valence-electron chi connectivity index (χ4n) is 5.08. The number of para-hydroxylation sites is 1. The van der Waals surface area contributed by atoms with Gasteiger partial charge < -0.3 is 43.8 Å². The molecule has 0 aliphatic carbocycles. The summed E-state index contributed by atoms with van der Waals surface area (Å²) in [6.07, 6.45) is 4.16. The van der Waals surface area contributed by atoms with Crippen LogP contribution in [0, 0.1) is 0 Å². The van der Waals surface area contributed by atoms with E-state index in [0.29, 0.717) is 65.4 Å². The number of carbonyl (C=O) groups excluding carboxylic acids is 1. The van der Waals surface area contributed by atoms with Crippen LogP contribution in [0.1, 0.15) is 39.6 Å². The van der Waals surface area contributed by atoms with E-state index in [1.54, 1.807) is 41.6 Å². The molecule has 46 heavy (non-hydrogen) atoms. The Morgan fingerprint density at radius 3 is 1.93 bits per heavy atom. The quantitative estimate of drug-likeness (QED) is 0.118. The van der Waals surface area contributed by atoms with Crippen LogP contribution in [0.2, 0.25) is 0 Å². The molecule has 10 nitrogen and oxygen atoms in total. The summed E-state index contributed by atoms with van der Waals surface area (Å²) in [6, 6.07) is 22.5. The number of rotatable bonds is 14. The van der Waals surface area contributed by atoms with Crippen LogP contribution in [0.15, 0.2) is 72.8 Å². The first-order valence-electron chi connectivity index (χ1n) is 14.7. The van der Waals surface area contributed by atoms with Gasteiger partial charge >= 0.3 is 0 Å². The second-order valence-corrected chi connectivity index (χ2v) is 10.3. The Morgan fingerprint density at radius 1 is 0.609 bits per heavy atom. The van der Waals surface area contributed by atoms with Crippen molar-refractivity contribution in [3.05, 3.63) is 95.1 Å². The van der Waals surface area contributed by atoms with Gasteiger partial charge in [0.25, 0.3) is 5.91 Å². The Hall–Kier alpha value is -5.51. The van der Waals surface area contributed by atoms with Crippen LogP contribution >= 0.6 is 0 Å². The molecule has 2 N–H and O–H groups in total. The lowest BCUT2D eigenvalue weighted by atomic mass is 10.1. The first-order chi connectivity index (χ1) is 22.5. The third kappa shape index (κ3) is 7.23. The number of ether oxygens (including phenoxy) is 7. The monoisotopic (exact) mass is 626 g/mol. The van der Waals surface area contributed by atoms with Gasteiger partial charge in [-0.05, 0) is 65.2 Å². The molecule has 1 atom stereocenters. The van der Waals surface area contributed by atoms with Crippen molar-refractivity contribution >= 4 is 23.7 Å². The van der Waals surface area contributed by atoms with Gasteiger partial charge in [0.2, 0.25) is 5.75 Å². The van der Waals surface area contributed by atoms with E-state index in [1.165, 1.54) is 0 Å². The molecule has 0 radical (unpaired) electrons. The van der Waals surface area contributed by atoms with Crippen molar-refractivity contribution in [1.29, 1.82) is 0 Å². The van der Waals surface area contributed by atoms with E-state index in [4.69, 9.17) is 33.2 Å². The Kier molecular flexibility index (Phi) is 10.4. The van der Waals surface area contributed by atoms with Crippen molar-refractivity contribution in [3.63, 3.8) is 0 Å². The molecular formula is C36H38N2O8. The van der Waals surface area contributed by atoms with Gasteiger partial charge in [-0.3, -0.25) is 4.79 Å². The van der Waals surface area contributed by atoms with E-state index >= 15 is 0 Å². The third-order valence-electron chi connectivity index (χ3n) is 7.41. The zero-order valence-electron chi connectivity index (χ0n) is 26.5. The van der Waals surface area contributed by atoms with E-state index in [9.17, 15) is 4.79 Å². The number of amides is 1. The molecule has 0 fully saturated rings. The fourth-order valence-corrected chi connectivity index (χ4v) is 5.08. The zero-order chi connectivity index (χ0) is 32.5. The summed E-state index contributed by atoms with van der Waals surface area (Å²) in [5.74, 6) is 4.00. The summed E-state index contributed by atoms with van der Waals surface area (Å²) in [5.41, 5.74) is 4.06. The van der Waals surface area contributed by atoms with Crippen LogP contribution in [-0.4, -0.2) is 54.7 Å². The van der Waals surface area contributed by atoms with Crippen molar-refractivity contribution < 1.29 is 38.0 Å². The van der Waals surface area contributed by atoms with Gasteiger partial charge in [-0.15, -0.1) is 0 Å². The lowest BCUT2D eigenvalue weighted by Crippen LogP contribution is -2.38. The molecular weight excluding hydrogens is 588 g/mol. The van der Waals surface area contributed by atoms with E-state index in [0.717, 1.165) is 22.4 Å². The molecule has 1 aliphatic rings. The van der Waals surface area contributed by atoms with Gasteiger partial charge in [-0.25, -0.2) is 0 Å². The summed E-state index contributed by atoms with van der Waals surface area (Å²) in [7, 11) is 7.96. The Morgan fingerprint density at radius 2 is 1.24 bits per heavy atom. The molecule has 0 spiro atoms. The van der Waals surface area contributed by atoms with Crippen LogP contribution in [0.5, 0.6) is 40.2 Å². The molecule has 10 heteroatoms. The van der Waals surface area contributed by atoms with Crippen molar-refractivity contribution in [1.82, 2.24) is 5.32 Å². The lowest BCUT2D eigenvalue weighted by Gasteiger charge is -2.28. The molecule has 1 unspecified atom stereocenters. The standard InChI is InChI=1S/C36H38N2O8/c1-40-28-15-13-23(11-12-24-20-32(42-3)34(44-5)33(21-24)43-4)19-31(28)46-18-8-17-45-29-16-14-25(22-30(29)41-2)35-37-27-10-7-6-9-26(27)36(39)38-35/h6-7,9-16,19-22,35,37H,8,17-18H2,1-5H3,(H,38,39). The maximum absolute atomic E-state index is 12.6. The maximum atomic E-state index is 12.6. The number of fused-ring (bicyclic) bond motifs is 1. The summed E-state index contributed by atoms with van der Waals surface area (Å²) < 4.78 is 39.6. The highest BCUT2D eigenvalue weighted by Crippen LogP contribution is 2.39. The van der Waals surface area contributed by atoms with Crippen LogP contribution in [-0.2, 0) is 0 Å². The molecule has 0 saturated heterocycles. The van der Waals surface area contributed by atoms with E-state index in [2.05, 4.69) is 10.6 Å². The molecule has 4 aromatic carbocycles. The highest BCUT2D eigenvalue weighted by atomic mass is 16.5. The number of benzene rings is 4. The Balaban J connectivity index is 1.18. The smallest absolute Gasteiger partial charge is 0.255 e. The molecule has 1 amide bonds. The van der Waals surface area contributed by atoms with Gasteiger partial charge in [0.05, 0.1) is 54.3 Å². The number of methoxy groups -OCH3 is 5. The molecule has 0 bridgehead atoms. The largest absolute Gasteiger partial charge is 0.493 e.